The first-order chi connectivity index (χ1) is 21.5. The Morgan fingerprint density at radius 2 is 1.58 bits per heavy atom. The fraction of sp³-hybridized carbons (Fsp3) is 0.308. The van der Waals surface area contributed by atoms with Crippen LogP contribution in [0.3, 0.4) is 0 Å². The molecule has 0 saturated heterocycles. The third-order valence-corrected chi connectivity index (χ3v) is 7.64. The number of aryl methyl sites for hydroxylation is 2. The second-order valence-electron chi connectivity index (χ2n) is 11.4. The Morgan fingerprint density at radius 3 is 2.18 bits per heavy atom. The van der Waals surface area contributed by atoms with Gasteiger partial charge in [-0.1, -0.05) is 55.3 Å². The number of pyridine rings is 1. The molecule has 0 bridgehead atoms. The molecule has 0 atom stereocenters. The van der Waals surface area contributed by atoms with Crippen molar-refractivity contribution >= 4 is 39.9 Å². The van der Waals surface area contributed by atoms with E-state index in [1.165, 1.54) is 5.57 Å². The molecule has 4 rings (SSSR count). The molecule has 0 aliphatic heterocycles. The van der Waals surface area contributed by atoms with Crippen LogP contribution < -0.4 is 5.32 Å². The minimum atomic E-state index is -0.242. The molecule has 1 N–H and O–H groups in total. The maximum Gasteiger partial charge on any atom is 0.256 e. The SMILES string of the molecule is C/C=C(/C)OC(CCC)=C(C)C.CCCC(=O)c1ccc(NC(=O)c2cc(-c3ccccc3Cl)nc3c(C)cc(C)cc23)cc1. The summed E-state index contributed by atoms with van der Waals surface area (Å²) in [5, 5.41) is 4.33. The lowest BCUT2D eigenvalue weighted by atomic mass is 9.99. The van der Waals surface area contributed by atoms with Crippen LogP contribution in [0.5, 0.6) is 0 Å². The number of carbonyl (C=O) groups is 2. The number of hydrogen-bond acceptors (Lipinski definition) is 4. The molecule has 0 aliphatic rings. The molecule has 45 heavy (non-hydrogen) atoms. The molecule has 1 aromatic heterocycles. The van der Waals surface area contributed by atoms with Crippen molar-refractivity contribution in [3.8, 4) is 11.3 Å². The van der Waals surface area contributed by atoms with E-state index in [4.69, 9.17) is 21.3 Å². The summed E-state index contributed by atoms with van der Waals surface area (Å²) in [6, 6.07) is 20.3. The van der Waals surface area contributed by atoms with Crippen molar-refractivity contribution in [3.63, 3.8) is 0 Å². The van der Waals surface area contributed by atoms with Crippen LogP contribution >= 0.6 is 11.6 Å². The highest BCUT2D eigenvalue weighted by molar-refractivity contribution is 6.33. The standard InChI is InChI=1S/C28H25ClN2O2.C11H20O/c1-4-7-26(32)19-10-12-20(13-11-19)30-28(33)23-16-25(21-8-5-6-9-24(21)29)31-27-18(3)14-17(2)15-22(23)27;1-6-8-11(9(3)4)12-10(5)7-2/h5-6,8-16H,4,7H2,1-3H3,(H,30,33);7H,6,8H2,1-5H3/b;10-7-. The summed E-state index contributed by atoms with van der Waals surface area (Å²) in [4.78, 5) is 30.3. The van der Waals surface area contributed by atoms with Gasteiger partial charge < -0.3 is 10.1 Å². The van der Waals surface area contributed by atoms with E-state index in [2.05, 4.69) is 32.2 Å². The Hall–Kier alpha value is -4.22. The molecule has 0 unspecified atom stereocenters. The number of fused-ring (bicyclic) bond motifs is 1. The van der Waals surface area contributed by atoms with Gasteiger partial charge in [0.25, 0.3) is 5.91 Å². The van der Waals surface area contributed by atoms with Gasteiger partial charge in [-0.2, -0.15) is 0 Å². The number of Topliss-reactive ketones (excluding diaryl/α,β-unsaturated/α-hetero) is 1. The van der Waals surface area contributed by atoms with E-state index in [0.717, 1.165) is 58.4 Å². The van der Waals surface area contributed by atoms with Gasteiger partial charge in [0.1, 0.15) is 5.76 Å². The number of aromatic nitrogens is 1. The molecule has 4 aromatic rings. The fourth-order valence-electron chi connectivity index (χ4n) is 4.87. The highest BCUT2D eigenvalue weighted by atomic mass is 35.5. The van der Waals surface area contributed by atoms with E-state index in [1.54, 1.807) is 30.3 Å². The molecule has 0 fully saturated rings. The fourth-order valence-corrected chi connectivity index (χ4v) is 5.10. The molecule has 0 aliphatic carbocycles. The number of allylic oxidation sites excluding steroid dienone is 4. The lowest BCUT2D eigenvalue weighted by Crippen LogP contribution is -2.13. The number of ketones is 1. The number of nitrogens with zero attached hydrogens (tertiary/aromatic N) is 1. The molecule has 5 nitrogen and oxygen atoms in total. The molecule has 1 heterocycles. The molecule has 0 spiro atoms. The Kier molecular flexibility index (Phi) is 13.1. The van der Waals surface area contributed by atoms with Gasteiger partial charge in [-0.15, -0.1) is 0 Å². The zero-order chi connectivity index (χ0) is 33.1. The number of anilines is 1. The van der Waals surface area contributed by atoms with Gasteiger partial charge in [-0.3, -0.25) is 9.59 Å². The summed E-state index contributed by atoms with van der Waals surface area (Å²) >= 11 is 6.43. The van der Waals surface area contributed by atoms with Crippen LogP contribution in [0.1, 0.15) is 99.1 Å². The number of ether oxygens (including phenoxy) is 1. The number of hydrogen-bond donors (Lipinski definition) is 1. The minimum Gasteiger partial charge on any atom is -0.467 e. The van der Waals surface area contributed by atoms with Crippen LogP contribution in [0.15, 0.2) is 89.9 Å². The third kappa shape index (κ3) is 9.63. The minimum absolute atomic E-state index is 0.103. The maximum atomic E-state index is 13.4. The van der Waals surface area contributed by atoms with Crippen molar-refractivity contribution in [2.45, 2.75) is 81.1 Å². The van der Waals surface area contributed by atoms with Crippen molar-refractivity contribution in [1.82, 2.24) is 4.98 Å². The van der Waals surface area contributed by atoms with Crippen molar-refractivity contribution in [2.24, 2.45) is 0 Å². The van der Waals surface area contributed by atoms with Gasteiger partial charge in [-0.05, 0) is 114 Å². The Bertz CT molecular complexity index is 1710. The third-order valence-electron chi connectivity index (χ3n) is 7.31. The largest absolute Gasteiger partial charge is 0.467 e. The number of carbonyl (C=O) groups excluding carboxylic acids is 2. The van der Waals surface area contributed by atoms with E-state index < -0.39 is 0 Å². The molecular weight excluding hydrogens is 580 g/mol. The number of halogens is 1. The van der Waals surface area contributed by atoms with Crippen LogP contribution in [0, 0.1) is 13.8 Å². The Morgan fingerprint density at radius 1 is 0.911 bits per heavy atom. The summed E-state index contributed by atoms with van der Waals surface area (Å²) < 4.78 is 5.64. The molecule has 3 aromatic carbocycles. The van der Waals surface area contributed by atoms with E-state index in [1.807, 2.05) is 71.0 Å². The molecule has 0 radical (unpaired) electrons. The first-order valence-electron chi connectivity index (χ1n) is 15.6. The zero-order valence-electron chi connectivity index (χ0n) is 27.8. The van der Waals surface area contributed by atoms with E-state index in [-0.39, 0.29) is 11.7 Å². The summed E-state index contributed by atoms with van der Waals surface area (Å²) in [7, 11) is 0. The predicted molar refractivity (Wildman–Crippen MR) is 189 cm³/mol. The highest BCUT2D eigenvalue weighted by Gasteiger charge is 2.17. The number of amides is 1. The second-order valence-corrected chi connectivity index (χ2v) is 11.8. The summed E-state index contributed by atoms with van der Waals surface area (Å²) in [6.45, 7) is 16.3. The lowest BCUT2D eigenvalue weighted by Gasteiger charge is -2.14. The number of benzene rings is 3. The number of rotatable bonds is 10. The predicted octanol–water partition coefficient (Wildman–Crippen LogP) is 11.4. The van der Waals surface area contributed by atoms with Crippen molar-refractivity contribution in [3.05, 3.63) is 117 Å². The van der Waals surface area contributed by atoms with Crippen LogP contribution in [-0.2, 0) is 4.74 Å². The second kappa shape index (κ2) is 16.7. The number of nitrogens with one attached hydrogen (secondary N) is 1. The van der Waals surface area contributed by atoms with Gasteiger partial charge in [0.05, 0.1) is 22.5 Å². The normalized spacial score (nSPS) is 11.0. The molecular formula is C39H45ClN2O3. The van der Waals surface area contributed by atoms with Gasteiger partial charge >= 0.3 is 0 Å². The molecule has 0 saturated carbocycles. The smallest absolute Gasteiger partial charge is 0.256 e. The van der Waals surface area contributed by atoms with E-state index in [9.17, 15) is 9.59 Å². The topological polar surface area (TPSA) is 68.3 Å². The maximum absolute atomic E-state index is 13.4. The summed E-state index contributed by atoms with van der Waals surface area (Å²) in [5.41, 5.74) is 7.30. The van der Waals surface area contributed by atoms with Gasteiger partial charge in [-0.25, -0.2) is 4.98 Å². The van der Waals surface area contributed by atoms with Crippen LogP contribution in [0.4, 0.5) is 5.69 Å². The lowest BCUT2D eigenvalue weighted by molar-refractivity contribution is 0.0980. The monoisotopic (exact) mass is 624 g/mol. The summed E-state index contributed by atoms with van der Waals surface area (Å²) in [5.74, 6) is 1.96. The Balaban J connectivity index is 0.000000392. The van der Waals surface area contributed by atoms with Crippen LogP contribution in [0.2, 0.25) is 5.02 Å². The first kappa shape index (κ1) is 35.3. The average molecular weight is 625 g/mol. The Labute approximate surface area is 273 Å². The van der Waals surface area contributed by atoms with E-state index >= 15 is 0 Å². The van der Waals surface area contributed by atoms with Gasteiger partial charge in [0.2, 0.25) is 0 Å². The molecule has 6 heteroatoms. The van der Waals surface area contributed by atoms with Crippen molar-refractivity contribution < 1.29 is 14.3 Å². The summed E-state index contributed by atoms with van der Waals surface area (Å²) in [6.07, 6.45) is 5.47. The first-order valence-corrected chi connectivity index (χ1v) is 15.9. The molecule has 236 valence electrons. The molecule has 1 amide bonds. The van der Waals surface area contributed by atoms with Gasteiger partial charge in [0.15, 0.2) is 5.78 Å². The van der Waals surface area contributed by atoms with Crippen LogP contribution in [-0.4, -0.2) is 16.7 Å². The van der Waals surface area contributed by atoms with Crippen molar-refractivity contribution in [1.29, 1.82) is 0 Å². The van der Waals surface area contributed by atoms with E-state index in [0.29, 0.717) is 34.0 Å². The van der Waals surface area contributed by atoms with Crippen LogP contribution in [0.25, 0.3) is 22.2 Å². The van der Waals surface area contributed by atoms with Crippen molar-refractivity contribution in [2.75, 3.05) is 5.32 Å². The quantitative estimate of drug-likeness (QED) is 0.141. The van der Waals surface area contributed by atoms with Gasteiger partial charge in [0, 0.05) is 40.1 Å². The highest BCUT2D eigenvalue weighted by Crippen LogP contribution is 2.32. The zero-order valence-corrected chi connectivity index (χ0v) is 28.6. The average Bonchev–Trinajstić information content (AvgIpc) is 3.01.